The normalized spacial score (nSPS) is 20.5. The molecule has 5 nitrogen and oxygen atoms in total. The van der Waals surface area contributed by atoms with Crippen LogP contribution in [0.15, 0.2) is 36.5 Å². The maximum Gasteiger partial charge on any atom is 0.236 e. The monoisotopic (exact) mass is 320 g/mol. The minimum Gasteiger partial charge on any atom is -0.384 e. The van der Waals surface area contributed by atoms with Crippen molar-refractivity contribution >= 4 is 23.1 Å². The molecule has 2 aromatic rings. The van der Waals surface area contributed by atoms with Gasteiger partial charge in [0.15, 0.2) is 0 Å². The van der Waals surface area contributed by atoms with Gasteiger partial charge in [0.1, 0.15) is 5.82 Å². The van der Waals surface area contributed by atoms with Crippen LogP contribution in [0.5, 0.6) is 0 Å². The Hall–Kier alpha value is -2.56. The Morgan fingerprint density at radius 1 is 1.17 bits per heavy atom. The highest BCUT2D eigenvalue weighted by Crippen LogP contribution is 2.44. The smallest absolute Gasteiger partial charge is 0.236 e. The molecule has 0 bridgehead atoms. The van der Waals surface area contributed by atoms with Gasteiger partial charge < -0.3 is 15.5 Å². The third-order valence-corrected chi connectivity index (χ3v) is 5.77. The number of nitrogens with one attached hydrogen (secondary N) is 2. The number of benzene rings is 1. The molecule has 5 heteroatoms. The molecule has 0 saturated carbocycles. The van der Waals surface area contributed by atoms with E-state index in [4.69, 9.17) is 0 Å². The SMILES string of the molecule is O=C1Nc2ncccc2C12CCN(c1ccc3c(c1)CCN3)CC2. The van der Waals surface area contributed by atoms with Gasteiger partial charge in [-0.25, -0.2) is 4.98 Å². The minimum absolute atomic E-state index is 0.119. The zero-order valence-corrected chi connectivity index (χ0v) is 13.5. The summed E-state index contributed by atoms with van der Waals surface area (Å²) < 4.78 is 0. The Morgan fingerprint density at radius 3 is 2.92 bits per heavy atom. The number of carbonyl (C=O) groups excluding carboxylic acids is 1. The van der Waals surface area contributed by atoms with Crippen LogP contribution in [0.4, 0.5) is 17.2 Å². The van der Waals surface area contributed by atoms with Gasteiger partial charge in [0.25, 0.3) is 0 Å². The van der Waals surface area contributed by atoms with E-state index in [2.05, 4.69) is 44.8 Å². The molecular weight excluding hydrogens is 300 g/mol. The van der Waals surface area contributed by atoms with Crippen molar-refractivity contribution in [1.29, 1.82) is 0 Å². The zero-order chi connectivity index (χ0) is 16.1. The molecule has 4 heterocycles. The van der Waals surface area contributed by atoms with Crippen LogP contribution in [0.3, 0.4) is 0 Å². The lowest BCUT2D eigenvalue weighted by Crippen LogP contribution is -2.46. The van der Waals surface area contributed by atoms with Crippen molar-refractivity contribution in [1.82, 2.24) is 4.98 Å². The van der Waals surface area contributed by atoms with Gasteiger partial charge in [0.05, 0.1) is 5.41 Å². The number of aromatic nitrogens is 1. The lowest BCUT2D eigenvalue weighted by molar-refractivity contribution is -0.121. The van der Waals surface area contributed by atoms with E-state index in [9.17, 15) is 4.79 Å². The van der Waals surface area contributed by atoms with Gasteiger partial charge in [-0.05, 0) is 49.1 Å². The Kier molecular flexibility index (Phi) is 2.86. The summed E-state index contributed by atoms with van der Waals surface area (Å²) in [7, 11) is 0. The summed E-state index contributed by atoms with van der Waals surface area (Å²) in [5.41, 5.74) is 4.63. The lowest BCUT2D eigenvalue weighted by Gasteiger charge is -2.39. The molecular formula is C19H20N4O. The summed E-state index contributed by atoms with van der Waals surface area (Å²) in [6.07, 6.45) is 4.52. The topological polar surface area (TPSA) is 57.3 Å². The van der Waals surface area contributed by atoms with E-state index in [-0.39, 0.29) is 5.91 Å². The Balaban J connectivity index is 1.41. The molecule has 122 valence electrons. The van der Waals surface area contributed by atoms with Crippen LogP contribution in [0, 0.1) is 0 Å². The van der Waals surface area contributed by atoms with Crippen LogP contribution in [0.2, 0.25) is 0 Å². The number of piperidine rings is 1. The fourth-order valence-corrected chi connectivity index (χ4v) is 4.37. The molecule has 1 saturated heterocycles. The molecule has 0 aliphatic carbocycles. The van der Waals surface area contributed by atoms with E-state index in [1.54, 1.807) is 6.20 Å². The summed E-state index contributed by atoms with van der Waals surface area (Å²) in [6.45, 7) is 2.83. The standard InChI is InChI=1S/C19H20N4O/c24-18-19(15-2-1-8-21-17(15)22-18)6-10-23(11-7-19)14-3-4-16-13(12-14)5-9-20-16/h1-4,8,12,20H,5-7,9-11H2,(H,21,22,24). The van der Waals surface area contributed by atoms with Gasteiger partial charge in [-0.15, -0.1) is 0 Å². The molecule has 1 aromatic heterocycles. The highest BCUT2D eigenvalue weighted by atomic mass is 16.2. The van der Waals surface area contributed by atoms with E-state index in [0.717, 1.165) is 50.3 Å². The molecule has 0 atom stereocenters. The molecule has 0 unspecified atom stereocenters. The molecule has 1 amide bonds. The first kappa shape index (κ1) is 13.8. The van der Waals surface area contributed by atoms with Crippen molar-refractivity contribution in [2.24, 2.45) is 0 Å². The van der Waals surface area contributed by atoms with E-state index in [1.165, 1.54) is 16.9 Å². The second kappa shape index (κ2) is 4.97. The highest BCUT2D eigenvalue weighted by Gasteiger charge is 2.49. The van der Waals surface area contributed by atoms with Crippen LogP contribution < -0.4 is 15.5 Å². The predicted molar refractivity (Wildman–Crippen MR) is 94.6 cm³/mol. The number of pyridine rings is 1. The fourth-order valence-electron chi connectivity index (χ4n) is 4.37. The molecule has 5 rings (SSSR count). The van der Waals surface area contributed by atoms with E-state index >= 15 is 0 Å². The maximum absolute atomic E-state index is 12.6. The molecule has 1 aromatic carbocycles. The van der Waals surface area contributed by atoms with Gasteiger partial charge in [-0.3, -0.25) is 4.79 Å². The molecule has 0 radical (unpaired) electrons. The number of hydrogen-bond acceptors (Lipinski definition) is 4. The van der Waals surface area contributed by atoms with Crippen LogP contribution in [-0.2, 0) is 16.6 Å². The quantitative estimate of drug-likeness (QED) is 0.848. The van der Waals surface area contributed by atoms with Crippen molar-refractivity contribution < 1.29 is 4.79 Å². The second-order valence-electron chi connectivity index (χ2n) is 6.94. The zero-order valence-electron chi connectivity index (χ0n) is 13.5. The number of rotatable bonds is 1. The van der Waals surface area contributed by atoms with Gasteiger partial charge >= 0.3 is 0 Å². The molecule has 24 heavy (non-hydrogen) atoms. The maximum atomic E-state index is 12.6. The van der Waals surface area contributed by atoms with Gasteiger partial charge in [-0.1, -0.05) is 6.07 Å². The number of carbonyl (C=O) groups is 1. The first-order valence-corrected chi connectivity index (χ1v) is 8.65. The van der Waals surface area contributed by atoms with E-state index in [0.29, 0.717) is 0 Å². The summed E-state index contributed by atoms with van der Waals surface area (Å²) in [6, 6.07) is 10.7. The third-order valence-electron chi connectivity index (χ3n) is 5.77. The van der Waals surface area contributed by atoms with Crippen LogP contribution in [0.25, 0.3) is 0 Å². The first-order chi connectivity index (χ1) is 11.8. The number of nitrogens with zero attached hydrogens (tertiary/aromatic N) is 2. The third kappa shape index (κ3) is 1.87. The van der Waals surface area contributed by atoms with Crippen molar-refractivity contribution in [2.75, 3.05) is 35.2 Å². The number of hydrogen-bond donors (Lipinski definition) is 2. The van der Waals surface area contributed by atoms with Crippen molar-refractivity contribution in [3.63, 3.8) is 0 Å². The van der Waals surface area contributed by atoms with E-state index in [1.807, 2.05) is 6.07 Å². The van der Waals surface area contributed by atoms with Crippen molar-refractivity contribution in [3.05, 3.63) is 47.7 Å². The van der Waals surface area contributed by atoms with Crippen molar-refractivity contribution in [2.45, 2.75) is 24.7 Å². The number of anilines is 3. The predicted octanol–water partition coefficient (Wildman–Crippen LogP) is 2.54. The summed E-state index contributed by atoms with van der Waals surface area (Å²) in [5.74, 6) is 0.869. The average Bonchev–Trinajstić information content (AvgIpc) is 3.19. The van der Waals surface area contributed by atoms with Gasteiger partial charge in [-0.2, -0.15) is 0 Å². The van der Waals surface area contributed by atoms with Crippen LogP contribution in [0.1, 0.15) is 24.0 Å². The number of fused-ring (bicyclic) bond motifs is 3. The average molecular weight is 320 g/mol. The Bertz CT molecular complexity index is 824. The summed E-state index contributed by atoms with van der Waals surface area (Å²) >= 11 is 0. The Labute approximate surface area is 141 Å². The molecule has 3 aliphatic rings. The number of amides is 1. The van der Waals surface area contributed by atoms with Gasteiger partial charge in [0, 0.05) is 42.8 Å². The Morgan fingerprint density at radius 2 is 2.04 bits per heavy atom. The molecule has 2 N–H and O–H groups in total. The largest absolute Gasteiger partial charge is 0.384 e. The summed E-state index contributed by atoms with van der Waals surface area (Å²) in [5, 5.41) is 6.38. The van der Waals surface area contributed by atoms with Crippen molar-refractivity contribution in [3.8, 4) is 0 Å². The first-order valence-electron chi connectivity index (χ1n) is 8.65. The van der Waals surface area contributed by atoms with Crippen LogP contribution >= 0.6 is 0 Å². The second-order valence-corrected chi connectivity index (χ2v) is 6.94. The molecule has 1 spiro atoms. The van der Waals surface area contributed by atoms with E-state index < -0.39 is 5.41 Å². The highest BCUT2D eigenvalue weighted by molar-refractivity contribution is 6.05. The lowest BCUT2D eigenvalue weighted by atomic mass is 9.74. The van der Waals surface area contributed by atoms with Crippen LogP contribution in [-0.4, -0.2) is 30.5 Å². The van der Waals surface area contributed by atoms with Gasteiger partial charge in [0.2, 0.25) is 5.91 Å². The molecule has 1 fully saturated rings. The summed E-state index contributed by atoms with van der Waals surface area (Å²) in [4.78, 5) is 19.4. The fraction of sp³-hybridized carbons (Fsp3) is 0.368. The molecule has 3 aliphatic heterocycles. The minimum atomic E-state index is -0.390.